The number of hydrogen-bond donors (Lipinski definition) is 2. The summed E-state index contributed by atoms with van der Waals surface area (Å²) in [5.41, 5.74) is 9.47. The van der Waals surface area contributed by atoms with Gasteiger partial charge >= 0.3 is 0 Å². The third kappa shape index (κ3) is 2.91. The molecule has 0 unspecified atom stereocenters. The lowest BCUT2D eigenvalue weighted by Gasteiger charge is -2.20. The number of nitrogens with zero attached hydrogens (tertiary/aromatic N) is 2. The minimum Gasteiger partial charge on any atom is -0.382 e. The molecule has 3 N–H and O–H groups in total. The Morgan fingerprint density at radius 3 is 2.37 bits per heavy atom. The van der Waals surface area contributed by atoms with Crippen LogP contribution in [0.5, 0.6) is 0 Å². The van der Waals surface area contributed by atoms with Gasteiger partial charge in [0.2, 0.25) is 0 Å². The van der Waals surface area contributed by atoms with E-state index in [1.54, 1.807) is 6.07 Å². The topological polar surface area (TPSA) is 66.0 Å². The van der Waals surface area contributed by atoms with E-state index >= 15 is 0 Å². The van der Waals surface area contributed by atoms with Crippen LogP contribution in [-0.4, -0.2) is 17.9 Å². The fraction of sp³-hybridized carbons (Fsp3) is 0.200. The molecule has 2 aromatic rings. The van der Waals surface area contributed by atoms with Gasteiger partial charge < -0.3 is 10.6 Å². The fourth-order valence-electron chi connectivity index (χ4n) is 2.04. The Morgan fingerprint density at radius 2 is 1.79 bits per heavy atom. The van der Waals surface area contributed by atoms with Crippen LogP contribution >= 0.6 is 0 Å². The predicted molar refractivity (Wildman–Crippen MR) is 79.2 cm³/mol. The number of pyridine rings is 1. The van der Waals surface area contributed by atoms with Gasteiger partial charge in [-0.3, -0.25) is 5.41 Å². The SMILES string of the molecule is Cc1cc(C)cc(N(C)c2cccc(C(=N)N)n2)c1. The standard InChI is InChI=1S/C15H18N4/c1-10-7-11(2)9-12(8-10)19(3)14-6-4-5-13(18-14)15(16)17/h4-9H,1-3H3,(H3,16,17). The number of hydrogen-bond acceptors (Lipinski definition) is 3. The van der Waals surface area contributed by atoms with E-state index < -0.39 is 0 Å². The van der Waals surface area contributed by atoms with Crippen LogP contribution in [0.2, 0.25) is 0 Å². The summed E-state index contributed by atoms with van der Waals surface area (Å²) in [6, 6.07) is 11.9. The molecule has 98 valence electrons. The minimum atomic E-state index is -0.0179. The summed E-state index contributed by atoms with van der Waals surface area (Å²) in [5.74, 6) is 0.758. The average molecular weight is 254 g/mol. The van der Waals surface area contributed by atoms with Crippen molar-refractivity contribution in [3.63, 3.8) is 0 Å². The Labute approximate surface area is 113 Å². The summed E-state index contributed by atoms with van der Waals surface area (Å²) < 4.78 is 0. The second-order valence-electron chi connectivity index (χ2n) is 4.70. The summed E-state index contributed by atoms with van der Waals surface area (Å²) in [4.78, 5) is 6.38. The zero-order valence-corrected chi connectivity index (χ0v) is 11.4. The van der Waals surface area contributed by atoms with Gasteiger partial charge in [-0.15, -0.1) is 0 Å². The summed E-state index contributed by atoms with van der Waals surface area (Å²) in [5, 5.41) is 7.44. The highest BCUT2D eigenvalue weighted by molar-refractivity contribution is 5.93. The molecular weight excluding hydrogens is 236 g/mol. The molecule has 0 saturated carbocycles. The van der Waals surface area contributed by atoms with Crippen molar-refractivity contribution < 1.29 is 0 Å². The molecular formula is C15H18N4. The average Bonchev–Trinajstić information content (AvgIpc) is 2.37. The number of nitrogens with two attached hydrogens (primary N) is 1. The predicted octanol–water partition coefficient (Wildman–Crippen LogP) is 2.75. The van der Waals surface area contributed by atoms with E-state index in [2.05, 4.69) is 37.0 Å². The van der Waals surface area contributed by atoms with Crippen molar-refractivity contribution >= 4 is 17.3 Å². The highest BCUT2D eigenvalue weighted by atomic mass is 15.2. The second kappa shape index (κ2) is 5.10. The largest absolute Gasteiger partial charge is 0.382 e. The van der Waals surface area contributed by atoms with E-state index in [0.29, 0.717) is 5.69 Å². The van der Waals surface area contributed by atoms with Gasteiger partial charge in [-0.2, -0.15) is 0 Å². The van der Waals surface area contributed by atoms with E-state index in [1.165, 1.54) is 11.1 Å². The van der Waals surface area contributed by atoms with Crippen molar-refractivity contribution in [1.29, 1.82) is 5.41 Å². The third-order valence-electron chi connectivity index (χ3n) is 2.95. The number of nitrogen functional groups attached to an aromatic ring is 1. The summed E-state index contributed by atoms with van der Waals surface area (Å²) in [6.07, 6.45) is 0. The molecule has 0 radical (unpaired) electrons. The first-order valence-electron chi connectivity index (χ1n) is 6.11. The summed E-state index contributed by atoms with van der Waals surface area (Å²) in [6.45, 7) is 4.15. The minimum absolute atomic E-state index is 0.0179. The molecule has 0 bridgehead atoms. The number of aryl methyl sites for hydroxylation is 2. The molecule has 1 aromatic carbocycles. The van der Waals surface area contributed by atoms with E-state index in [0.717, 1.165) is 11.5 Å². The van der Waals surface area contributed by atoms with Crippen LogP contribution in [0.15, 0.2) is 36.4 Å². The van der Waals surface area contributed by atoms with Crippen LogP contribution in [0.4, 0.5) is 11.5 Å². The zero-order valence-electron chi connectivity index (χ0n) is 11.4. The van der Waals surface area contributed by atoms with Crippen LogP contribution in [0.1, 0.15) is 16.8 Å². The van der Waals surface area contributed by atoms with Crippen molar-refractivity contribution in [2.24, 2.45) is 5.73 Å². The highest BCUT2D eigenvalue weighted by Gasteiger charge is 2.08. The van der Waals surface area contributed by atoms with Crippen LogP contribution in [0.25, 0.3) is 0 Å². The first kappa shape index (κ1) is 13.1. The van der Waals surface area contributed by atoms with Crippen molar-refractivity contribution in [1.82, 2.24) is 4.98 Å². The van der Waals surface area contributed by atoms with Gasteiger partial charge in [0.15, 0.2) is 0 Å². The maximum atomic E-state index is 7.44. The number of amidine groups is 1. The van der Waals surface area contributed by atoms with Crippen LogP contribution in [0.3, 0.4) is 0 Å². The lowest BCUT2D eigenvalue weighted by Crippen LogP contribution is -2.17. The summed E-state index contributed by atoms with van der Waals surface area (Å²) in [7, 11) is 1.96. The number of nitrogens with one attached hydrogen (secondary N) is 1. The Kier molecular flexibility index (Phi) is 3.51. The van der Waals surface area contributed by atoms with Gasteiger partial charge in [-0.25, -0.2) is 4.98 Å². The Balaban J connectivity index is 2.40. The van der Waals surface area contributed by atoms with Gasteiger partial charge in [0.05, 0.1) is 0 Å². The van der Waals surface area contributed by atoms with Gasteiger partial charge in [-0.1, -0.05) is 12.1 Å². The van der Waals surface area contributed by atoms with E-state index in [1.807, 2.05) is 24.1 Å². The molecule has 1 aromatic heterocycles. The third-order valence-corrected chi connectivity index (χ3v) is 2.95. The van der Waals surface area contributed by atoms with Gasteiger partial charge in [0.25, 0.3) is 0 Å². The maximum Gasteiger partial charge on any atom is 0.141 e. The second-order valence-corrected chi connectivity index (χ2v) is 4.70. The number of anilines is 2. The highest BCUT2D eigenvalue weighted by Crippen LogP contribution is 2.24. The van der Waals surface area contributed by atoms with Crippen LogP contribution < -0.4 is 10.6 Å². The molecule has 0 aliphatic carbocycles. The molecule has 0 saturated heterocycles. The molecule has 0 fully saturated rings. The monoisotopic (exact) mass is 254 g/mol. The van der Waals surface area contributed by atoms with Crippen LogP contribution in [0, 0.1) is 19.3 Å². The van der Waals surface area contributed by atoms with Crippen molar-refractivity contribution in [2.45, 2.75) is 13.8 Å². The maximum absolute atomic E-state index is 7.44. The molecule has 0 amide bonds. The first-order chi connectivity index (χ1) is 8.97. The molecule has 0 aliphatic heterocycles. The van der Waals surface area contributed by atoms with Crippen molar-refractivity contribution in [3.05, 3.63) is 53.2 Å². The number of rotatable bonds is 3. The van der Waals surface area contributed by atoms with Gasteiger partial charge in [0, 0.05) is 12.7 Å². The Hall–Kier alpha value is -2.36. The molecule has 2 rings (SSSR count). The van der Waals surface area contributed by atoms with Gasteiger partial charge in [-0.05, 0) is 49.2 Å². The molecule has 4 heteroatoms. The quantitative estimate of drug-likeness (QED) is 0.654. The Morgan fingerprint density at radius 1 is 1.16 bits per heavy atom. The van der Waals surface area contributed by atoms with E-state index in [-0.39, 0.29) is 5.84 Å². The van der Waals surface area contributed by atoms with Gasteiger partial charge in [0.1, 0.15) is 17.3 Å². The molecule has 1 heterocycles. The Bertz CT molecular complexity index is 599. The van der Waals surface area contributed by atoms with E-state index in [9.17, 15) is 0 Å². The number of benzene rings is 1. The first-order valence-corrected chi connectivity index (χ1v) is 6.11. The normalized spacial score (nSPS) is 10.3. The summed E-state index contributed by atoms with van der Waals surface area (Å²) >= 11 is 0. The van der Waals surface area contributed by atoms with Crippen molar-refractivity contribution in [3.8, 4) is 0 Å². The molecule has 19 heavy (non-hydrogen) atoms. The van der Waals surface area contributed by atoms with Crippen molar-refractivity contribution in [2.75, 3.05) is 11.9 Å². The lowest BCUT2D eigenvalue weighted by molar-refractivity contribution is 1.11. The molecule has 0 spiro atoms. The molecule has 0 atom stereocenters. The number of aromatic nitrogens is 1. The fourth-order valence-corrected chi connectivity index (χ4v) is 2.04. The van der Waals surface area contributed by atoms with Crippen LogP contribution in [-0.2, 0) is 0 Å². The molecule has 4 nitrogen and oxygen atoms in total. The lowest BCUT2D eigenvalue weighted by atomic mass is 10.1. The zero-order chi connectivity index (χ0) is 14.0. The molecule has 0 aliphatic rings. The smallest absolute Gasteiger partial charge is 0.141 e. The van der Waals surface area contributed by atoms with E-state index in [4.69, 9.17) is 11.1 Å².